The number of nitrogen functional groups attached to an aromatic ring is 1. The summed E-state index contributed by atoms with van der Waals surface area (Å²) in [4.78, 5) is 11.0. The third-order valence-electron chi connectivity index (χ3n) is 4.07. The zero-order valence-corrected chi connectivity index (χ0v) is 12.8. The van der Waals surface area contributed by atoms with Crippen LogP contribution in [0.1, 0.15) is 36.5 Å². The molecule has 0 atom stereocenters. The van der Waals surface area contributed by atoms with Gasteiger partial charge in [0.2, 0.25) is 0 Å². The van der Waals surface area contributed by atoms with E-state index in [0.717, 1.165) is 43.6 Å². The van der Waals surface area contributed by atoms with Crippen LogP contribution in [0, 0.1) is 6.92 Å². The van der Waals surface area contributed by atoms with Crippen LogP contribution < -0.4 is 10.6 Å². The SMILES string of the molecule is CCCc1c(N)ncnc1N1CCCc2cc(C)ccc21. The zero-order valence-electron chi connectivity index (χ0n) is 12.8. The van der Waals surface area contributed by atoms with Gasteiger partial charge in [0.25, 0.3) is 0 Å². The Bertz CT molecular complexity index is 651. The van der Waals surface area contributed by atoms with E-state index in [1.807, 2.05) is 0 Å². The molecule has 0 spiro atoms. The molecular formula is C17H22N4. The van der Waals surface area contributed by atoms with E-state index in [9.17, 15) is 0 Å². The van der Waals surface area contributed by atoms with E-state index in [-0.39, 0.29) is 0 Å². The fraction of sp³-hybridized carbons (Fsp3) is 0.412. The van der Waals surface area contributed by atoms with Crippen LogP contribution in [0.15, 0.2) is 24.5 Å². The highest BCUT2D eigenvalue weighted by atomic mass is 15.2. The smallest absolute Gasteiger partial charge is 0.141 e. The van der Waals surface area contributed by atoms with Gasteiger partial charge < -0.3 is 10.6 Å². The maximum absolute atomic E-state index is 6.08. The number of nitrogens with two attached hydrogens (primary N) is 1. The third-order valence-corrected chi connectivity index (χ3v) is 4.07. The van der Waals surface area contributed by atoms with Crippen LogP contribution in [0.3, 0.4) is 0 Å². The summed E-state index contributed by atoms with van der Waals surface area (Å²) >= 11 is 0. The first-order chi connectivity index (χ1) is 10.2. The normalized spacial score (nSPS) is 14.1. The maximum atomic E-state index is 6.08. The van der Waals surface area contributed by atoms with Gasteiger partial charge in [-0.3, -0.25) is 0 Å². The number of rotatable bonds is 3. The number of aryl methyl sites for hydroxylation is 2. The van der Waals surface area contributed by atoms with Crippen molar-refractivity contribution < 1.29 is 0 Å². The van der Waals surface area contributed by atoms with Crippen molar-refractivity contribution in [2.75, 3.05) is 17.2 Å². The lowest BCUT2D eigenvalue weighted by molar-refractivity contribution is 0.750. The Hall–Kier alpha value is -2.10. The van der Waals surface area contributed by atoms with Crippen molar-refractivity contribution in [1.82, 2.24) is 9.97 Å². The number of hydrogen-bond donors (Lipinski definition) is 1. The predicted octanol–water partition coefficient (Wildman–Crippen LogP) is 3.40. The average molecular weight is 282 g/mol. The van der Waals surface area contributed by atoms with Crippen molar-refractivity contribution in [3.05, 3.63) is 41.2 Å². The van der Waals surface area contributed by atoms with Gasteiger partial charge in [-0.25, -0.2) is 9.97 Å². The third kappa shape index (κ3) is 2.58. The predicted molar refractivity (Wildman–Crippen MR) is 86.9 cm³/mol. The molecule has 2 aromatic rings. The quantitative estimate of drug-likeness (QED) is 0.937. The lowest BCUT2D eigenvalue weighted by Gasteiger charge is -2.32. The molecule has 0 unspecified atom stereocenters. The van der Waals surface area contributed by atoms with Gasteiger partial charge in [-0.05, 0) is 37.8 Å². The fourth-order valence-electron chi connectivity index (χ4n) is 3.08. The summed E-state index contributed by atoms with van der Waals surface area (Å²) in [5, 5.41) is 0. The van der Waals surface area contributed by atoms with Gasteiger partial charge in [0, 0.05) is 17.8 Å². The Kier molecular flexibility index (Phi) is 3.78. The topological polar surface area (TPSA) is 55.0 Å². The van der Waals surface area contributed by atoms with Crippen molar-refractivity contribution >= 4 is 17.3 Å². The van der Waals surface area contributed by atoms with E-state index in [1.54, 1.807) is 6.33 Å². The van der Waals surface area contributed by atoms with Gasteiger partial charge in [-0.1, -0.05) is 31.0 Å². The van der Waals surface area contributed by atoms with Gasteiger partial charge >= 0.3 is 0 Å². The van der Waals surface area contributed by atoms with E-state index in [1.165, 1.54) is 16.8 Å². The Morgan fingerprint density at radius 1 is 1.29 bits per heavy atom. The molecule has 0 bridgehead atoms. The minimum atomic E-state index is 0.612. The van der Waals surface area contributed by atoms with Gasteiger partial charge in [0.1, 0.15) is 18.0 Å². The fourth-order valence-corrected chi connectivity index (χ4v) is 3.08. The molecule has 0 amide bonds. The number of fused-ring (bicyclic) bond motifs is 1. The molecule has 0 aliphatic carbocycles. The minimum Gasteiger partial charge on any atom is -0.383 e. The van der Waals surface area contributed by atoms with Gasteiger partial charge in [0.15, 0.2) is 0 Å². The number of nitrogens with zero attached hydrogens (tertiary/aromatic N) is 3. The number of benzene rings is 1. The van der Waals surface area contributed by atoms with Gasteiger partial charge in [-0.2, -0.15) is 0 Å². The Morgan fingerprint density at radius 3 is 2.95 bits per heavy atom. The first kappa shape index (κ1) is 13.9. The highest BCUT2D eigenvalue weighted by molar-refractivity contribution is 5.70. The van der Waals surface area contributed by atoms with Crippen molar-refractivity contribution in [3.8, 4) is 0 Å². The van der Waals surface area contributed by atoms with E-state index < -0.39 is 0 Å². The molecule has 0 fully saturated rings. The minimum absolute atomic E-state index is 0.612. The molecule has 4 nitrogen and oxygen atoms in total. The van der Waals surface area contributed by atoms with Crippen LogP contribution in [0.25, 0.3) is 0 Å². The highest BCUT2D eigenvalue weighted by Crippen LogP contribution is 2.35. The molecule has 1 aromatic carbocycles. The molecule has 2 N–H and O–H groups in total. The number of hydrogen-bond acceptors (Lipinski definition) is 4. The number of anilines is 3. The first-order valence-corrected chi connectivity index (χ1v) is 7.67. The van der Waals surface area contributed by atoms with Crippen LogP contribution in [0.2, 0.25) is 0 Å². The largest absolute Gasteiger partial charge is 0.383 e. The molecule has 0 saturated heterocycles. The van der Waals surface area contributed by atoms with Crippen molar-refractivity contribution in [3.63, 3.8) is 0 Å². The molecule has 3 rings (SSSR count). The average Bonchev–Trinajstić information content (AvgIpc) is 2.48. The van der Waals surface area contributed by atoms with Gasteiger partial charge in [-0.15, -0.1) is 0 Å². The summed E-state index contributed by atoms with van der Waals surface area (Å²) in [6.45, 7) is 5.29. The van der Waals surface area contributed by atoms with Crippen LogP contribution >= 0.6 is 0 Å². The van der Waals surface area contributed by atoms with Crippen LogP contribution in [0.5, 0.6) is 0 Å². The molecule has 2 heterocycles. The molecule has 1 aliphatic heterocycles. The second-order valence-electron chi connectivity index (χ2n) is 5.70. The summed E-state index contributed by atoms with van der Waals surface area (Å²) in [5.41, 5.74) is 11.1. The lowest BCUT2D eigenvalue weighted by Crippen LogP contribution is -2.27. The Labute approximate surface area is 126 Å². The van der Waals surface area contributed by atoms with Crippen molar-refractivity contribution in [1.29, 1.82) is 0 Å². The summed E-state index contributed by atoms with van der Waals surface area (Å²) in [6, 6.07) is 6.66. The van der Waals surface area contributed by atoms with E-state index in [4.69, 9.17) is 5.73 Å². The van der Waals surface area contributed by atoms with Crippen LogP contribution in [-0.4, -0.2) is 16.5 Å². The molecule has 1 aromatic heterocycles. The standard InChI is InChI=1S/C17H22N4/c1-3-5-14-16(18)19-11-20-17(14)21-9-4-6-13-10-12(2)7-8-15(13)21/h7-8,10-11H,3-6,9H2,1-2H3,(H2,18,19,20). The molecule has 21 heavy (non-hydrogen) atoms. The molecule has 0 saturated carbocycles. The first-order valence-electron chi connectivity index (χ1n) is 7.67. The van der Waals surface area contributed by atoms with Crippen LogP contribution in [-0.2, 0) is 12.8 Å². The molecule has 0 radical (unpaired) electrons. The summed E-state index contributed by atoms with van der Waals surface area (Å²) in [5.74, 6) is 1.59. The van der Waals surface area contributed by atoms with E-state index in [0.29, 0.717) is 5.82 Å². The van der Waals surface area contributed by atoms with E-state index >= 15 is 0 Å². The molecule has 110 valence electrons. The summed E-state index contributed by atoms with van der Waals surface area (Å²) < 4.78 is 0. The molecular weight excluding hydrogens is 260 g/mol. The van der Waals surface area contributed by atoms with E-state index in [2.05, 4.69) is 46.9 Å². The molecule has 4 heteroatoms. The maximum Gasteiger partial charge on any atom is 0.141 e. The second kappa shape index (κ2) is 5.72. The zero-order chi connectivity index (χ0) is 14.8. The number of aromatic nitrogens is 2. The lowest BCUT2D eigenvalue weighted by atomic mass is 9.99. The second-order valence-corrected chi connectivity index (χ2v) is 5.70. The van der Waals surface area contributed by atoms with Gasteiger partial charge in [0.05, 0.1) is 0 Å². The highest BCUT2D eigenvalue weighted by Gasteiger charge is 2.22. The van der Waals surface area contributed by atoms with Crippen LogP contribution in [0.4, 0.5) is 17.3 Å². The Morgan fingerprint density at radius 2 is 2.14 bits per heavy atom. The monoisotopic (exact) mass is 282 g/mol. The van der Waals surface area contributed by atoms with Crippen molar-refractivity contribution in [2.24, 2.45) is 0 Å². The van der Waals surface area contributed by atoms with Crippen molar-refractivity contribution in [2.45, 2.75) is 39.5 Å². The summed E-state index contributed by atoms with van der Waals surface area (Å²) in [7, 11) is 0. The Balaban J connectivity index is 2.09. The molecule has 1 aliphatic rings. The summed E-state index contributed by atoms with van der Waals surface area (Å²) in [6.07, 6.45) is 5.81.